The van der Waals surface area contributed by atoms with E-state index in [9.17, 15) is 16.8 Å². The van der Waals surface area contributed by atoms with E-state index in [0.29, 0.717) is 25.2 Å². The first-order valence-corrected chi connectivity index (χ1v) is 10.6. The highest BCUT2D eigenvalue weighted by Crippen LogP contribution is 2.29. The van der Waals surface area contributed by atoms with Gasteiger partial charge in [-0.3, -0.25) is 0 Å². The molecule has 0 radical (unpaired) electrons. The highest BCUT2D eigenvalue weighted by Gasteiger charge is 2.34. The van der Waals surface area contributed by atoms with Crippen molar-refractivity contribution in [2.45, 2.75) is 29.9 Å². The van der Waals surface area contributed by atoms with Crippen LogP contribution in [0.15, 0.2) is 29.2 Å². The lowest BCUT2D eigenvalue weighted by atomic mass is 10.2. The number of para-hydroxylation sites is 1. The Bertz CT molecular complexity index is 719. The van der Waals surface area contributed by atoms with E-state index in [4.69, 9.17) is 4.74 Å². The SMILES string of the molecule is CCOc1ccccc1S(=O)(=O)N1CCC(S(C)(=O)=O)CC1. The smallest absolute Gasteiger partial charge is 0.246 e. The maximum absolute atomic E-state index is 12.7. The fourth-order valence-electron chi connectivity index (χ4n) is 2.58. The summed E-state index contributed by atoms with van der Waals surface area (Å²) in [7, 11) is -6.79. The van der Waals surface area contributed by atoms with Gasteiger partial charge in [0, 0.05) is 19.3 Å². The highest BCUT2D eigenvalue weighted by atomic mass is 32.2. The molecule has 1 aliphatic heterocycles. The number of sulfone groups is 1. The Balaban J connectivity index is 2.23. The Morgan fingerprint density at radius 3 is 2.27 bits per heavy atom. The quantitative estimate of drug-likeness (QED) is 0.801. The summed E-state index contributed by atoms with van der Waals surface area (Å²) in [6.45, 7) is 2.59. The molecule has 0 bridgehead atoms. The summed E-state index contributed by atoms with van der Waals surface area (Å²) in [4.78, 5) is 0.134. The molecule has 1 aromatic carbocycles. The number of hydrogen-bond donors (Lipinski definition) is 0. The van der Waals surface area contributed by atoms with Crippen molar-refractivity contribution in [3.05, 3.63) is 24.3 Å². The number of sulfonamides is 1. The van der Waals surface area contributed by atoms with E-state index in [0.717, 1.165) is 0 Å². The van der Waals surface area contributed by atoms with Crippen LogP contribution >= 0.6 is 0 Å². The van der Waals surface area contributed by atoms with E-state index in [1.807, 2.05) is 0 Å². The van der Waals surface area contributed by atoms with Crippen LogP contribution in [0.1, 0.15) is 19.8 Å². The van der Waals surface area contributed by atoms with E-state index < -0.39 is 25.1 Å². The van der Waals surface area contributed by atoms with Crippen LogP contribution in [0.25, 0.3) is 0 Å². The molecular formula is C14H21NO5S2. The minimum Gasteiger partial charge on any atom is -0.492 e. The third kappa shape index (κ3) is 3.61. The normalized spacial score (nSPS) is 18.3. The van der Waals surface area contributed by atoms with Crippen molar-refractivity contribution in [3.63, 3.8) is 0 Å². The molecule has 8 heteroatoms. The van der Waals surface area contributed by atoms with Crippen molar-refractivity contribution in [1.82, 2.24) is 4.31 Å². The van der Waals surface area contributed by atoms with E-state index >= 15 is 0 Å². The number of nitrogens with zero attached hydrogens (tertiary/aromatic N) is 1. The van der Waals surface area contributed by atoms with Crippen LogP contribution in [0.3, 0.4) is 0 Å². The molecule has 0 unspecified atom stereocenters. The molecule has 1 heterocycles. The molecule has 1 aliphatic rings. The van der Waals surface area contributed by atoms with Gasteiger partial charge in [-0.25, -0.2) is 16.8 Å². The lowest BCUT2D eigenvalue weighted by Gasteiger charge is -2.30. The van der Waals surface area contributed by atoms with Gasteiger partial charge in [-0.15, -0.1) is 0 Å². The van der Waals surface area contributed by atoms with Crippen molar-refractivity contribution in [2.75, 3.05) is 26.0 Å². The number of piperidine rings is 1. The van der Waals surface area contributed by atoms with E-state index in [1.54, 1.807) is 25.1 Å². The van der Waals surface area contributed by atoms with Crippen molar-refractivity contribution in [2.24, 2.45) is 0 Å². The van der Waals surface area contributed by atoms with Gasteiger partial charge in [0.05, 0.1) is 11.9 Å². The molecule has 2 rings (SSSR count). The topological polar surface area (TPSA) is 80.8 Å². The van der Waals surface area contributed by atoms with Crippen LogP contribution in [0.2, 0.25) is 0 Å². The number of hydrogen-bond acceptors (Lipinski definition) is 5. The van der Waals surface area contributed by atoms with Crippen molar-refractivity contribution < 1.29 is 21.6 Å². The van der Waals surface area contributed by atoms with Gasteiger partial charge in [-0.1, -0.05) is 12.1 Å². The summed E-state index contributed by atoms with van der Waals surface area (Å²) < 4.78 is 55.3. The Morgan fingerprint density at radius 1 is 1.14 bits per heavy atom. The maximum Gasteiger partial charge on any atom is 0.246 e. The van der Waals surface area contributed by atoms with Crippen LogP contribution in [-0.4, -0.2) is 52.3 Å². The van der Waals surface area contributed by atoms with Gasteiger partial charge in [0.15, 0.2) is 0 Å². The molecule has 0 amide bonds. The largest absolute Gasteiger partial charge is 0.492 e. The molecule has 0 spiro atoms. The van der Waals surface area contributed by atoms with Crippen LogP contribution < -0.4 is 4.74 Å². The summed E-state index contributed by atoms with van der Waals surface area (Å²) in [5.41, 5.74) is 0. The zero-order valence-corrected chi connectivity index (χ0v) is 14.4. The van der Waals surface area contributed by atoms with Crippen LogP contribution in [-0.2, 0) is 19.9 Å². The Labute approximate surface area is 132 Å². The molecule has 0 saturated carbocycles. The zero-order valence-electron chi connectivity index (χ0n) is 12.7. The lowest BCUT2D eigenvalue weighted by Crippen LogP contribution is -2.42. The summed E-state index contributed by atoms with van der Waals surface area (Å²) in [6.07, 6.45) is 1.86. The predicted molar refractivity (Wildman–Crippen MR) is 84.2 cm³/mol. The van der Waals surface area contributed by atoms with Crippen LogP contribution in [0.5, 0.6) is 5.75 Å². The standard InChI is InChI=1S/C14H21NO5S2/c1-3-20-13-6-4-5-7-14(13)22(18,19)15-10-8-12(9-11-15)21(2,16)17/h4-7,12H,3,8-11H2,1-2H3. The van der Waals surface area contributed by atoms with Crippen molar-refractivity contribution in [1.29, 1.82) is 0 Å². The average Bonchev–Trinajstić information content (AvgIpc) is 2.47. The predicted octanol–water partition coefficient (Wildman–Crippen LogP) is 1.28. The molecule has 0 N–H and O–H groups in total. The van der Waals surface area contributed by atoms with Crippen LogP contribution in [0.4, 0.5) is 0 Å². The summed E-state index contributed by atoms with van der Waals surface area (Å²) >= 11 is 0. The maximum atomic E-state index is 12.7. The lowest BCUT2D eigenvalue weighted by molar-refractivity contribution is 0.322. The number of benzene rings is 1. The van der Waals surface area contributed by atoms with Gasteiger partial charge in [0.25, 0.3) is 0 Å². The molecule has 22 heavy (non-hydrogen) atoms. The summed E-state index contributed by atoms with van der Waals surface area (Å²) in [5.74, 6) is 0.329. The number of rotatable bonds is 5. The van der Waals surface area contributed by atoms with Gasteiger partial charge >= 0.3 is 0 Å². The monoisotopic (exact) mass is 347 g/mol. The molecular weight excluding hydrogens is 326 g/mol. The second-order valence-electron chi connectivity index (χ2n) is 5.31. The summed E-state index contributed by atoms with van der Waals surface area (Å²) in [6, 6.07) is 6.52. The minimum absolute atomic E-state index is 0.134. The highest BCUT2D eigenvalue weighted by molar-refractivity contribution is 7.91. The second kappa shape index (κ2) is 6.55. The average molecular weight is 347 g/mol. The van der Waals surface area contributed by atoms with Gasteiger partial charge < -0.3 is 4.74 Å². The first-order valence-electron chi connectivity index (χ1n) is 7.17. The number of ether oxygens (including phenoxy) is 1. The second-order valence-corrected chi connectivity index (χ2v) is 9.54. The van der Waals surface area contributed by atoms with E-state index in [2.05, 4.69) is 0 Å². The van der Waals surface area contributed by atoms with Crippen LogP contribution in [0, 0.1) is 0 Å². The third-order valence-electron chi connectivity index (χ3n) is 3.77. The fraction of sp³-hybridized carbons (Fsp3) is 0.571. The summed E-state index contributed by atoms with van der Waals surface area (Å²) in [5, 5.41) is -0.457. The molecule has 6 nitrogen and oxygen atoms in total. The van der Waals surface area contributed by atoms with E-state index in [-0.39, 0.29) is 18.0 Å². The van der Waals surface area contributed by atoms with Gasteiger partial charge in [0.1, 0.15) is 20.5 Å². The van der Waals surface area contributed by atoms with E-state index in [1.165, 1.54) is 16.6 Å². The molecule has 124 valence electrons. The Hall–Kier alpha value is -1.12. The Morgan fingerprint density at radius 2 is 1.73 bits per heavy atom. The minimum atomic E-state index is -3.67. The van der Waals surface area contributed by atoms with Crippen molar-refractivity contribution >= 4 is 19.9 Å². The molecule has 0 atom stereocenters. The van der Waals surface area contributed by atoms with Gasteiger partial charge in [-0.2, -0.15) is 4.31 Å². The molecule has 1 fully saturated rings. The zero-order chi connectivity index (χ0) is 16.4. The molecule has 1 saturated heterocycles. The first kappa shape index (κ1) is 17.2. The fourth-order valence-corrected chi connectivity index (χ4v) is 5.25. The molecule has 1 aromatic rings. The Kier molecular flexibility index (Phi) is 5.14. The van der Waals surface area contributed by atoms with Gasteiger partial charge in [0.2, 0.25) is 10.0 Å². The third-order valence-corrected chi connectivity index (χ3v) is 7.39. The van der Waals surface area contributed by atoms with Crippen molar-refractivity contribution in [3.8, 4) is 5.75 Å². The van der Waals surface area contributed by atoms with Gasteiger partial charge in [-0.05, 0) is 31.9 Å². The molecule has 0 aliphatic carbocycles. The molecule has 0 aromatic heterocycles. The first-order chi connectivity index (χ1) is 10.3.